The van der Waals surface area contributed by atoms with E-state index in [2.05, 4.69) is 11.1 Å². The Kier molecular flexibility index (Phi) is 6.04. The molecule has 1 amide bonds. The van der Waals surface area contributed by atoms with Gasteiger partial charge in [0, 0.05) is 50.3 Å². The smallest absolute Gasteiger partial charge is 0.349 e. The number of hydrogen-bond acceptors (Lipinski definition) is 4. The second-order valence-electron chi connectivity index (χ2n) is 8.11. The fourth-order valence-corrected chi connectivity index (χ4v) is 4.35. The van der Waals surface area contributed by atoms with E-state index in [1.54, 1.807) is 12.0 Å². The highest BCUT2D eigenvalue weighted by molar-refractivity contribution is 5.95. The van der Waals surface area contributed by atoms with Crippen molar-refractivity contribution in [3.63, 3.8) is 0 Å². The van der Waals surface area contributed by atoms with Gasteiger partial charge in [-0.2, -0.15) is 0 Å². The molecule has 1 saturated heterocycles. The van der Waals surface area contributed by atoms with Crippen LogP contribution >= 0.6 is 0 Å². The molecule has 1 fully saturated rings. The normalized spacial score (nSPS) is 15.1. The van der Waals surface area contributed by atoms with Crippen molar-refractivity contribution < 1.29 is 13.9 Å². The molecule has 0 spiro atoms. The van der Waals surface area contributed by atoms with Gasteiger partial charge in [-0.3, -0.25) is 4.79 Å². The Hall–Kier alpha value is -2.86. The fraction of sp³-hybridized carbons (Fsp3) is 0.417. The van der Waals surface area contributed by atoms with E-state index < -0.39 is 5.63 Å². The molecule has 3 aromatic rings. The number of hydrogen-bond donors (Lipinski definition) is 1. The van der Waals surface area contributed by atoms with Crippen molar-refractivity contribution in [2.24, 2.45) is 5.92 Å². The van der Waals surface area contributed by atoms with E-state index in [1.807, 2.05) is 37.4 Å². The maximum atomic E-state index is 12.9. The van der Waals surface area contributed by atoms with Crippen LogP contribution in [0.1, 0.15) is 40.1 Å². The van der Waals surface area contributed by atoms with Crippen LogP contribution in [0.4, 0.5) is 0 Å². The van der Waals surface area contributed by atoms with Crippen LogP contribution in [0.3, 0.4) is 0 Å². The number of para-hydroxylation sites is 1. The zero-order valence-corrected chi connectivity index (χ0v) is 17.6. The molecular formula is C24H28N2O4. The van der Waals surface area contributed by atoms with Gasteiger partial charge in [-0.25, -0.2) is 4.79 Å². The van der Waals surface area contributed by atoms with Crippen molar-refractivity contribution in [3.8, 4) is 0 Å². The first-order chi connectivity index (χ1) is 14.6. The first kappa shape index (κ1) is 20.4. The Bertz CT molecular complexity index is 1090. The molecule has 0 radical (unpaired) electrons. The number of carbonyl (C=O) groups is 1. The molecule has 1 aromatic carbocycles. The van der Waals surface area contributed by atoms with Crippen molar-refractivity contribution in [1.82, 2.24) is 9.88 Å². The number of benzene rings is 1. The van der Waals surface area contributed by atoms with E-state index in [9.17, 15) is 9.59 Å². The summed E-state index contributed by atoms with van der Waals surface area (Å²) >= 11 is 0. The predicted molar refractivity (Wildman–Crippen MR) is 116 cm³/mol. The van der Waals surface area contributed by atoms with Crippen LogP contribution in [0.25, 0.3) is 10.9 Å². The Labute approximate surface area is 175 Å². The van der Waals surface area contributed by atoms with Crippen molar-refractivity contribution in [1.29, 1.82) is 0 Å². The summed E-state index contributed by atoms with van der Waals surface area (Å²) in [6.07, 6.45) is 5.15. The van der Waals surface area contributed by atoms with Crippen molar-refractivity contribution in [2.45, 2.75) is 32.6 Å². The summed E-state index contributed by atoms with van der Waals surface area (Å²) in [5.74, 6) is 0.863. The maximum absolute atomic E-state index is 12.9. The van der Waals surface area contributed by atoms with Crippen LogP contribution < -0.4 is 5.63 Å². The largest absolute Gasteiger partial charge is 0.427 e. The highest BCUT2D eigenvalue weighted by Crippen LogP contribution is 2.21. The van der Waals surface area contributed by atoms with E-state index in [0.717, 1.165) is 24.8 Å². The molecule has 0 bridgehead atoms. The van der Waals surface area contributed by atoms with E-state index in [4.69, 9.17) is 9.15 Å². The summed E-state index contributed by atoms with van der Waals surface area (Å²) in [6.45, 7) is 3.83. The third-order valence-electron chi connectivity index (χ3n) is 6.03. The summed E-state index contributed by atoms with van der Waals surface area (Å²) in [5.41, 5.74) is 2.60. The summed E-state index contributed by atoms with van der Waals surface area (Å²) in [7, 11) is 1.70. The molecule has 6 heteroatoms. The average molecular weight is 408 g/mol. The van der Waals surface area contributed by atoms with Gasteiger partial charge in [-0.05, 0) is 55.4 Å². The number of H-pyrrole nitrogens is 1. The zero-order valence-electron chi connectivity index (χ0n) is 17.6. The minimum absolute atomic E-state index is 0.163. The highest BCUT2D eigenvalue weighted by atomic mass is 16.5. The molecule has 2 aromatic heterocycles. The number of rotatable bonds is 6. The molecule has 158 valence electrons. The Balaban J connectivity index is 1.45. The van der Waals surface area contributed by atoms with E-state index >= 15 is 0 Å². The topological polar surface area (TPSA) is 75.5 Å². The van der Waals surface area contributed by atoms with Gasteiger partial charge in [0.05, 0.1) is 0 Å². The van der Waals surface area contributed by atoms with Crippen LogP contribution in [-0.4, -0.2) is 42.6 Å². The molecule has 4 rings (SSSR count). The number of aryl methyl sites for hydroxylation is 3. The lowest BCUT2D eigenvalue weighted by Crippen LogP contribution is -2.41. The molecule has 0 aliphatic carbocycles. The second-order valence-corrected chi connectivity index (χ2v) is 8.11. The van der Waals surface area contributed by atoms with Crippen LogP contribution in [0.15, 0.2) is 45.7 Å². The number of aromatic amines is 1. The number of nitrogens with one attached hydrogen (secondary N) is 1. The number of aromatic nitrogens is 1. The molecule has 0 saturated carbocycles. The SMILES string of the molecule is COCC1CCN(C(=O)c2c(C)cc(CCc3c[nH]c4ccccc34)oc2=O)CC1. The molecule has 30 heavy (non-hydrogen) atoms. The molecule has 1 aliphatic heterocycles. The third-order valence-corrected chi connectivity index (χ3v) is 6.03. The summed E-state index contributed by atoms with van der Waals surface area (Å²) < 4.78 is 10.8. The quantitative estimate of drug-likeness (QED) is 0.675. The van der Waals surface area contributed by atoms with Gasteiger partial charge in [-0.1, -0.05) is 18.2 Å². The first-order valence-electron chi connectivity index (χ1n) is 10.5. The van der Waals surface area contributed by atoms with Crippen LogP contribution in [0.5, 0.6) is 0 Å². The minimum atomic E-state index is -0.534. The maximum Gasteiger partial charge on any atom is 0.349 e. The molecule has 0 unspecified atom stereocenters. The van der Waals surface area contributed by atoms with Crippen LogP contribution in [-0.2, 0) is 17.6 Å². The average Bonchev–Trinajstić information content (AvgIpc) is 3.16. The number of likely N-dealkylation sites (tertiary alicyclic amines) is 1. The Morgan fingerprint density at radius 2 is 2.00 bits per heavy atom. The van der Waals surface area contributed by atoms with Crippen LogP contribution in [0.2, 0.25) is 0 Å². The Morgan fingerprint density at radius 1 is 1.23 bits per heavy atom. The van der Waals surface area contributed by atoms with Gasteiger partial charge in [-0.15, -0.1) is 0 Å². The van der Waals surface area contributed by atoms with Gasteiger partial charge >= 0.3 is 5.63 Å². The number of amides is 1. The lowest BCUT2D eigenvalue weighted by Gasteiger charge is -2.31. The van der Waals surface area contributed by atoms with Crippen molar-refractivity contribution in [2.75, 3.05) is 26.8 Å². The molecule has 6 nitrogen and oxygen atoms in total. The highest BCUT2D eigenvalue weighted by Gasteiger charge is 2.27. The van der Waals surface area contributed by atoms with E-state index in [0.29, 0.717) is 43.4 Å². The summed E-state index contributed by atoms with van der Waals surface area (Å²) in [4.78, 5) is 30.6. The lowest BCUT2D eigenvalue weighted by atomic mass is 9.97. The van der Waals surface area contributed by atoms with Gasteiger partial charge in [0.1, 0.15) is 11.3 Å². The number of ether oxygens (including phenoxy) is 1. The Morgan fingerprint density at radius 3 is 2.73 bits per heavy atom. The monoisotopic (exact) mass is 408 g/mol. The van der Waals surface area contributed by atoms with Gasteiger partial charge in [0.15, 0.2) is 0 Å². The second kappa shape index (κ2) is 8.88. The number of fused-ring (bicyclic) bond motifs is 1. The lowest BCUT2D eigenvalue weighted by molar-refractivity contribution is 0.0608. The number of piperidine rings is 1. The predicted octanol–water partition coefficient (Wildman–Crippen LogP) is 3.71. The minimum Gasteiger partial charge on any atom is -0.427 e. The third kappa shape index (κ3) is 4.19. The molecule has 3 heterocycles. The fourth-order valence-electron chi connectivity index (χ4n) is 4.35. The van der Waals surface area contributed by atoms with E-state index in [1.165, 1.54) is 10.9 Å². The standard InChI is InChI=1S/C24H28N2O4/c1-16-13-19(8-7-18-14-25-21-6-4-3-5-20(18)21)30-24(28)22(16)23(27)26-11-9-17(10-12-26)15-29-2/h3-6,13-14,17,25H,7-12,15H2,1-2H3. The van der Waals surface area contributed by atoms with Crippen molar-refractivity contribution in [3.05, 3.63) is 69.4 Å². The number of carbonyl (C=O) groups excluding carboxylic acids is 1. The zero-order chi connectivity index (χ0) is 21.1. The molecule has 1 N–H and O–H groups in total. The first-order valence-corrected chi connectivity index (χ1v) is 10.5. The van der Waals surface area contributed by atoms with Gasteiger partial charge < -0.3 is 19.0 Å². The van der Waals surface area contributed by atoms with Gasteiger partial charge in [0.25, 0.3) is 5.91 Å². The number of methoxy groups -OCH3 is 1. The van der Waals surface area contributed by atoms with Crippen LogP contribution in [0, 0.1) is 12.8 Å². The van der Waals surface area contributed by atoms with Crippen molar-refractivity contribution >= 4 is 16.8 Å². The molecule has 0 atom stereocenters. The van der Waals surface area contributed by atoms with Gasteiger partial charge in [0.2, 0.25) is 0 Å². The summed E-state index contributed by atoms with van der Waals surface area (Å²) in [6, 6.07) is 9.98. The number of nitrogens with zero attached hydrogens (tertiary/aromatic N) is 1. The van der Waals surface area contributed by atoms with E-state index in [-0.39, 0.29) is 11.5 Å². The molecule has 1 aliphatic rings. The summed E-state index contributed by atoms with van der Waals surface area (Å²) in [5, 5.41) is 1.18. The molecular weight excluding hydrogens is 380 g/mol.